The van der Waals surface area contributed by atoms with Gasteiger partial charge in [-0.25, -0.2) is 9.59 Å². The summed E-state index contributed by atoms with van der Waals surface area (Å²) in [5, 5.41) is 13.3. The molecule has 9 nitrogen and oxygen atoms in total. The Bertz CT molecular complexity index is 382. The Labute approximate surface area is 116 Å². The molecule has 1 atom stereocenters. The Balaban J connectivity index is 4.24. The first-order valence-corrected chi connectivity index (χ1v) is 5.82. The zero-order chi connectivity index (χ0) is 15.7. The van der Waals surface area contributed by atoms with Crippen molar-refractivity contribution in [3.63, 3.8) is 0 Å². The molecule has 3 amide bonds. The number of methoxy groups -OCH3 is 1. The summed E-state index contributed by atoms with van der Waals surface area (Å²) in [4.78, 5) is 45.8. The molecule has 0 saturated heterocycles. The molecule has 0 fully saturated rings. The van der Waals surface area contributed by atoms with Gasteiger partial charge in [-0.05, 0) is 6.42 Å². The van der Waals surface area contributed by atoms with Gasteiger partial charge in [-0.3, -0.25) is 9.59 Å². The number of amides is 3. The van der Waals surface area contributed by atoms with Crippen molar-refractivity contribution < 1.29 is 29.0 Å². The molecule has 0 aromatic rings. The van der Waals surface area contributed by atoms with Crippen molar-refractivity contribution in [2.75, 3.05) is 27.7 Å². The fourth-order valence-electron chi connectivity index (χ4n) is 1.14. The zero-order valence-corrected chi connectivity index (χ0v) is 11.6. The highest BCUT2D eigenvalue weighted by Crippen LogP contribution is 1.99. The summed E-state index contributed by atoms with van der Waals surface area (Å²) in [5.41, 5.74) is 0. The highest BCUT2D eigenvalue weighted by Gasteiger charge is 2.21. The number of esters is 1. The van der Waals surface area contributed by atoms with E-state index in [1.807, 2.05) is 0 Å². The van der Waals surface area contributed by atoms with Crippen molar-refractivity contribution in [1.29, 1.82) is 0 Å². The number of ether oxygens (including phenoxy) is 1. The molecule has 9 heteroatoms. The second kappa shape index (κ2) is 8.73. The van der Waals surface area contributed by atoms with Gasteiger partial charge in [0.25, 0.3) is 0 Å². The van der Waals surface area contributed by atoms with Gasteiger partial charge in [-0.1, -0.05) is 0 Å². The van der Waals surface area contributed by atoms with Crippen LogP contribution in [0, 0.1) is 0 Å². The van der Waals surface area contributed by atoms with E-state index in [2.05, 4.69) is 15.4 Å². The Morgan fingerprint density at radius 1 is 1.25 bits per heavy atom. The molecule has 0 spiro atoms. The van der Waals surface area contributed by atoms with Crippen molar-refractivity contribution in [3.05, 3.63) is 0 Å². The van der Waals surface area contributed by atoms with E-state index in [1.165, 1.54) is 26.1 Å². The Morgan fingerprint density at radius 2 is 1.85 bits per heavy atom. The summed E-state index contributed by atoms with van der Waals surface area (Å²) in [7, 11) is 4.24. The minimum absolute atomic E-state index is 0.100. The smallest absolute Gasteiger partial charge is 0.326 e. The first-order chi connectivity index (χ1) is 9.27. The van der Waals surface area contributed by atoms with Crippen LogP contribution in [0.1, 0.15) is 12.8 Å². The summed E-state index contributed by atoms with van der Waals surface area (Å²) < 4.78 is 4.38. The maximum atomic E-state index is 11.4. The van der Waals surface area contributed by atoms with Crippen LogP contribution in [0.25, 0.3) is 0 Å². The van der Waals surface area contributed by atoms with E-state index in [0.29, 0.717) is 0 Å². The van der Waals surface area contributed by atoms with Gasteiger partial charge in [0.15, 0.2) is 0 Å². The van der Waals surface area contributed by atoms with E-state index in [-0.39, 0.29) is 25.3 Å². The lowest BCUT2D eigenvalue weighted by molar-refractivity contribution is -0.142. The molecule has 114 valence electrons. The van der Waals surface area contributed by atoms with E-state index in [4.69, 9.17) is 5.11 Å². The quantitative estimate of drug-likeness (QED) is 0.504. The number of likely N-dealkylation sites (N-methyl/N-ethyl adjacent to an activating group) is 1. The second-order valence-electron chi connectivity index (χ2n) is 4.12. The van der Waals surface area contributed by atoms with Crippen LogP contribution in [-0.4, -0.2) is 67.7 Å². The Hall–Kier alpha value is -2.32. The monoisotopic (exact) mass is 289 g/mol. The van der Waals surface area contributed by atoms with Gasteiger partial charge in [-0.15, -0.1) is 0 Å². The van der Waals surface area contributed by atoms with Crippen molar-refractivity contribution in [2.45, 2.75) is 18.9 Å². The molecule has 0 saturated carbocycles. The third-order valence-corrected chi connectivity index (χ3v) is 2.37. The normalized spacial score (nSPS) is 11.2. The standard InChI is InChI=1S/C11H19N3O6/c1-14(2)8(15)6-12-11(19)13-7(10(17)18)4-5-9(16)20-3/h7H,4-6H2,1-3H3,(H,17,18)(H2,12,13,19)/t7-/m0/s1. The third-order valence-electron chi connectivity index (χ3n) is 2.37. The van der Waals surface area contributed by atoms with Gasteiger partial charge in [0.05, 0.1) is 13.7 Å². The number of nitrogens with one attached hydrogen (secondary N) is 2. The predicted octanol–water partition coefficient (Wildman–Crippen LogP) is -1.22. The number of carbonyl (C=O) groups excluding carboxylic acids is 3. The van der Waals surface area contributed by atoms with Gasteiger partial charge in [0.2, 0.25) is 5.91 Å². The molecule has 0 bridgehead atoms. The average molecular weight is 289 g/mol. The van der Waals surface area contributed by atoms with Crippen LogP contribution < -0.4 is 10.6 Å². The Kier molecular flexibility index (Phi) is 7.71. The topological polar surface area (TPSA) is 125 Å². The van der Waals surface area contributed by atoms with Crippen molar-refractivity contribution in [1.82, 2.24) is 15.5 Å². The number of aliphatic carboxylic acids is 1. The number of carboxylic acids is 1. The van der Waals surface area contributed by atoms with Gasteiger partial charge >= 0.3 is 18.0 Å². The molecule has 0 aliphatic carbocycles. The fraction of sp³-hybridized carbons (Fsp3) is 0.636. The third kappa shape index (κ3) is 7.19. The van der Waals surface area contributed by atoms with Gasteiger partial charge in [0, 0.05) is 20.5 Å². The van der Waals surface area contributed by atoms with E-state index in [1.54, 1.807) is 0 Å². The van der Waals surface area contributed by atoms with Crippen LogP contribution in [-0.2, 0) is 19.1 Å². The Morgan fingerprint density at radius 3 is 2.30 bits per heavy atom. The van der Waals surface area contributed by atoms with E-state index in [0.717, 1.165) is 0 Å². The number of hydrogen-bond donors (Lipinski definition) is 3. The maximum Gasteiger partial charge on any atom is 0.326 e. The number of nitrogens with zero attached hydrogens (tertiary/aromatic N) is 1. The molecule has 0 aromatic heterocycles. The molecule has 0 aliphatic rings. The number of rotatable bonds is 7. The molecular weight excluding hydrogens is 270 g/mol. The summed E-state index contributed by atoms with van der Waals surface area (Å²) in [6, 6.07) is -2.03. The minimum atomic E-state index is -1.28. The molecule has 0 radical (unpaired) electrons. The number of carboxylic acid groups (broad SMARTS) is 1. The molecule has 0 heterocycles. The number of urea groups is 1. The SMILES string of the molecule is COC(=O)CC[C@H](NC(=O)NCC(=O)N(C)C)C(=O)O. The lowest BCUT2D eigenvalue weighted by Crippen LogP contribution is -2.48. The van der Waals surface area contributed by atoms with E-state index < -0.39 is 24.0 Å². The summed E-state index contributed by atoms with van der Waals surface area (Å²) in [5.74, 6) is -2.18. The van der Waals surface area contributed by atoms with Crippen molar-refractivity contribution >= 4 is 23.9 Å². The first-order valence-electron chi connectivity index (χ1n) is 5.82. The van der Waals surface area contributed by atoms with Gasteiger partial charge < -0.3 is 25.4 Å². The molecule has 0 aliphatic heterocycles. The van der Waals surface area contributed by atoms with Crippen LogP contribution in [0.15, 0.2) is 0 Å². The lowest BCUT2D eigenvalue weighted by Gasteiger charge is -2.15. The van der Waals surface area contributed by atoms with Crippen LogP contribution >= 0.6 is 0 Å². The predicted molar refractivity (Wildman–Crippen MR) is 67.9 cm³/mol. The maximum absolute atomic E-state index is 11.4. The van der Waals surface area contributed by atoms with Crippen LogP contribution in [0.5, 0.6) is 0 Å². The van der Waals surface area contributed by atoms with Crippen LogP contribution in [0.4, 0.5) is 4.79 Å². The van der Waals surface area contributed by atoms with Crippen molar-refractivity contribution in [2.24, 2.45) is 0 Å². The van der Waals surface area contributed by atoms with E-state index in [9.17, 15) is 19.2 Å². The largest absolute Gasteiger partial charge is 0.480 e. The van der Waals surface area contributed by atoms with Gasteiger partial charge in [-0.2, -0.15) is 0 Å². The first kappa shape index (κ1) is 17.7. The summed E-state index contributed by atoms with van der Waals surface area (Å²) >= 11 is 0. The van der Waals surface area contributed by atoms with Crippen LogP contribution in [0.3, 0.4) is 0 Å². The lowest BCUT2D eigenvalue weighted by atomic mass is 10.1. The molecular formula is C11H19N3O6. The fourth-order valence-corrected chi connectivity index (χ4v) is 1.14. The van der Waals surface area contributed by atoms with Crippen molar-refractivity contribution in [3.8, 4) is 0 Å². The summed E-state index contributed by atoms with van der Waals surface area (Å²) in [6.45, 7) is -0.248. The minimum Gasteiger partial charge on any atom is -0.480 e. The average Bonchev–Trinajstić information content (AvgIpc) is 2.39. The molecule has 3 N–H and O–H groups in total. The highest BCUT2D eigenvalue weighted by atomic mass is 16.5. The number of hydrogen-bond acceptors (Lipinski definition) is 5. The van der Waals surface area contributed by atoms with Gasteiger partial charge in [0.1, 0.15) is 6.04 Å². The highest BCUT2D eigenvalue weighted by molar-refractivity contribution is 5.86. The van der Waals surface area contributed by atoms with Crippen LogP contribution in [0.2, 0.25) is 0 Å². The molecule has 0 aromatic carbocycles. The molecule has 0 unspecified atom stereocenters. The second-order valence-corrected chi connectivity index (χ2v) is 4.12. The summed E-state index contributed by atoms with van der Waals surface area (Å²) in [6.07, 6.45) is -0.235. The number of carbonyl (C=O) groups is 4. The molecule has 20 heavy (non-hydrogen) atoms. The van der Waals surface area contributed by atoms with E-state index >= 15 is 0 Å². The molecule has 0 rings (SSSR count). The zero-order valence-electron chi connectivity index (χ0n) is 11.6.